The maximum absolute atomic E-state index is 5.20. The summed E-state index contributed by atoms with van der Waals surface area (Å²) in [7, 11) is 0. The van der Waals surface area contributed by atoms with Gasteiger partial charge in [0.15, 0.2) is 34.9 Å². The quantitative estimate of drug-likeness (QED) is 0.109. The van der Waals surface area contributed by atoms with E-state index < -0.39 is 0 Å². The third-order valence-corrected chi connectivity index (χ3v) is 28.9. The average molecular weight is 2210 g/mol. The molecule has 0 aliphatic carbocycles. The van der Waals surface area contributed by atoms with Gasteiger partial charge in [-0.05, 0) is 211 Å². The molecule has 660 valence electrons. The Labute approximate surface area is 849 Å². The minimum atomic E-state index is 0.579. The van der Waals surface area contributed by atoms with E-state index in [1.165, 1.54) is 45.2 Å². The number of fused-ring (bicyclic) bond motifs is 20. The van der Waals surface area contributed by atoms with Crippen LogP contribution in [-0.2, 0) is 0 Å². The van der Waals surface area contributed by atoms with Crippen LogP contribution in [0.4, 0.5) is 0 Å². The van der Waals surface area contributed by atoms with E-state index in [9.17, 15) is 0 Å². The Kier molecular flexibility index (Phi) is 21.7. The summed E-state index contributed by atoms with van der Waals surface area (Å²) in [6, 6.07) is 144. The van der Waals surface area contributed by atoms with Gasteiger partial charge >= 0.3 is 0 Å². The molecule has 15 nitrogen and oxygen atoms in total. The Hall–Kier alpha value is -15.3. The van der Waals surface area contributed by atoms with Crippen molar-refractivity contribution in [2.45, 2.75) is 13.8 Å². The van der Waals surface area contributed by atoms with Crippen LogP contribution in [-0.4, -0.2) is 72.3 Å². The topological polar surface area (TPSA) is 146 Å². The molecule has 0 saturated carbocycles. The second-order valence-electron chi connectivity index (χ2n) is 34.5. The molecule has 9 heterocycles. The first-order chi connectivity index (χ1) is 68.3. The summed E-state index contributed by atoms with van der Waals surface area (Å²) < 4.78 is 19.2. The van der Waals surface area contributed by atoms with Gasteiger partial charge in [0.25, 0.3) is 0 Å². The minimum absolute atomic E-state index is 0.579. The van der Waals surface area contributed by atoms with Crippen LogP contribution in [0.1, 0.15) is 11.1 Å². The number of aryl methyl sites for hydroxylation is 2. The smallest absolute Gasteiger partial charge is 0.238 e. The van der Waals surface area contributed by atoms with Gasteiger partial charge in [-0.2, -0.15) is 29.9 Å². The van der Waals surface area contributed by atoms with Crippen molar-refractivity contribution >= 4 is 224 Å². The van der Waals surface area contributed by atoms with E-state index in [1.54, 1.807) is 0 Å². The molecule has 20 heteroatoms. The summed E-state index contributed by atoms with van der Waals surface area (Å²) >= 11 is 15.6. The maximum Gasteiger partial charge on any atom is 0.238 e. The highest BCUT2D eigenvalue weighted by Crippen LogP contribution is 2.47. The summed E-state index contributed by atoms with van der Waals surface area (Å²) in [4.78, 5) is 46.0. The van der Waals surface area contributed by atoms with Crippen LogP contribution in [0, 0.1) is 21.0 Å². The summed E-state index contributed by atoms with van der Waals surface area (Å²) in [5.41, 5.74) is 24.5. The highest BCUT2D eigenvalue weighted by molar-refractivity contribution is 14.1. The molecule has 0 aliphatic rings. The minimum Gasteiger partial charge on any atom is -0.309 e. The zero-order valence-corrected chi connectivity index (χ0v) is 83.4. The molecule has 0 radical (unpaired) electrons. The van der Waals surface area contributed by atoms with Gasteiger partial charge in [0.2, 0.25) is 17.8 Å². The van der Waals surface area contributed by atoms with Gasteiger partial charge in [-0.25, -0.2) is 15.0 Å². The van der Waals surface area contributed by atoms with E-state index in [2.05, 4.69) is 462 Å². The lowest BCUT2D eigenvalue weighted by Crippen LogP contribution is -2.07. The van der Waals surface area contributed by atoms with Crippen LogP contribution in [0.5, 0.6) is 0 Å². The number of nitrogens with zero attached hydrogens (tertiary/aromatic N) is 15. The number of halogens is 5. The fraction of sp³-hybridized carbons (Fsp3) is 0.0168. The lowest BCUT2D eigenvalue weighted by atomic mass is 10.1. The summed E-state index contributed by atoms with van der Waals surface area (Å²) in [6.07, 6.45) is 0. The maximum atomic E-state index is 5.20. The van der Waals surface area contributed by atoms with Crippen LogP contribution >= 0.6 is 93.0 Å². The largest absolute Gasteiger partial charge is 0.309 e. The van der Waals surface area contributed by atoms with Crippen molar-refractivity contribution in [3.05, 3.63) is 444 Å². The number of hydrogen-bond donors (Lipinski definition) is 0. The summed E-state index contributed by atoms with van der Waals surface area (Å²) in [5, 5.41) is 14.0. The normalized spacial score (nSPS) is 11.7. The molecule has 18 aromatic carbocycles. The Bertz CT molecular complexity index is 9380. The number of benzene rings is 18. The first-order valence-corrected chi connectivity index (χ1v) is 50.0. The van der Waals surface area contributed by atoms with Crippen molar-refractivity contribution in [1.82, 2.24) is 72.3 Å². The number of aromatic nitrogens is 15. The first kappa shape index (κ1) is 85.4. The second kappa shape index (κ2) is 35.4. The van der Waals surface area contributed by atoms with E-state index in [0.717, 1.165) is 168 Å². The SMILES string of the molecule is Cc1ccc(-c2nc(-c3ccc(Br)cc3)nc(-n3c4ccccc4c4cc5c(cc43)c3ccccc3n5-c3ccc(Br)cc3)n2)cc1.Cc1ccc(-c2nc(-c3ccc(Br)cc3)nc(-n3c4ccccc4c4ccc5c(c6ccccc6n5-c5ccccc5)c43)n2)cc1.Ic1ccc2c(c1)c1ccc3c4cc(I)ccc4n(-c4nc(-c5ccccc5)nc(-c5ccccc5)n4)c3c1n2-c1ccccc1. The molecule has 27 aromatic rings. The second-order valence-corrected chi connectivity index (χ2v) is 39.7. The number of rotatable bonds is 12. The van der Waals surface area contributed by atoms with Crippen LogP contribution < -0.4 is 0 Å². The molecule has 0 atom stereocenters. The first-order valence-electron chi connectivity index (χ1n) is 45.5. The third-order valence-electron chi connectivity index (χ3n) is 26.0. The molecule has 0 bridgehead atoms. The summed E-state index contributed by atoms with van der Waals surface area (Å²) in [6.45, 7) is 4.17. The Balaban J connectivity index is 0.000000110. The standard InChI is InChI=1S/C40H25Br2N5.C40H26BrN5.C39H23I2N5/c1-24-10-12-25(13-11-24)38-43-39(26-14-16-27(41)17-15-26)45-40(44-38)47-35-9-5-3-7-31(35)33-22-36-32(23-37(33)47)30-6-2-4-8-34(30)46(36)29-20-18-28(42)19-21-29;1-25-15-17-26(18-16-25)38-42-39(27-19-21-28(41)22-20-27)44-40(43-38)46-33-13-7-5-11-30(33)31-23-24-35-36(37(31)46)32-12-6-8-14-34(32)45(35)29-9-3-2-4-10-29;40-26-16-20-33-31(22-26)29-18-19-30-32-23-27(41)17-21-34(32)46(36(30)35(29)45(33)28-14-8-3-9-15-28)39-43-37(24-10-4-1-5-11-24)42-38(44-39)25-12-6-2-7-13-25/h2-23H,1H3;2-24H,1H3;1-23H. The predicted molar refractivity (Wildman–Crippen MR) is 596 cm³/mol. The Morgan fingerprint density at radius 2 is 0.460 bits per heavy atom. The Morgan fingerprint density at radius 3 is 0.906 bits per heavy atom. The van der Waals surface area contributed by atoms with Gasteiger partial charge in [0.05, 0.1) is 66.2 Å². The molecule has 139 heavy (non-hydrogen) atoms. The zero-order valence-electron chi connectivity index (χ0n) is 74.4. The molecule has 0 amide bonds. The van der Waals surface area contributed by atoms with E-state index in [0.29, 0.717) is 52.8 Å². The summed E-state index contributed by atoms with van der Waals surface area (Å²) in [5.74, 6) is 5.52. The lowest BCUT2D eigenvalue weighted by molar-refractivity contribution is 0.953. The highest BCUT2D eigenvalue weighted by Gasteiger charge is 2.29. The van der Waals surface area contributed by atoms with Crippen LogP contribution in [0.2, 0.25) is 0 Å². The third kappa shape index (κ3) is 15.2. The van der Waals surface area contributed by atoms with Crippen molar-refractivity contribution < 1.29 is 0 Å². The van der Waals surface area contributed by atoms with Crippen LogP contribution in [0.3, 0.4) is 0 Å². The highest BCUT2D eigenvalue weighted by atomic mass is 127. The average Bonchev–Trinajstić information content (AvgIpc) is 1.54. The van der Waals surface area contributed by atoms with E-state index in [4.69, 9.17) is 44.9 Å². The monoisotopic (exact) mass is 2200 g/mol. The number of hydrogen-bond acceptors (Lipinski definition) is 9. The lowest BCUT2D eigenvalue weighted by Gasteiger charge is -2.13. The van der Waals surface area contributed by atoms with Gasteiger partial charge in [0.1, 0.15) is 0 Å². The van der Waals surface area contributed by atoms with Gasteiger partial charge in [-0.3, -0.25) is 13.7 Å². The molecular formula is C119H74Br3I2N15. The number of para-hydroxylation sites is 6. The van der Waals surface area contributed by atoms with Crippen molar-refractivity contribution in [3.63, 3.8) is 0 Å². The van der Waals surface area contributed by atoms with Crippen molar-refractivity contribution in [3.8, 4) is 103 Å². The van der Waals surface area contributed by atoms with Crippen LogP contribution in [0.25, 0.3) is 234 Å². The van der Waals surface area contributed by atoms with E-state index in [-0.39, 0.29) is 0 Å². The molecule has 0 fully saturated rings. The van der Waals surface area contributed by atoms with Gasteiger partial charge in [-0.1, -0.05) is 320 Å². The molecule has 27 rings (SSSR count). The van der Waals surface area contributed by atoms with Gasteiger partial charge in [-0.15, -0.1) is 0 Å². The molecule has 9 aromatic heterocycles. The molecule has 0 unspecified atom stereocenters. The van der Waals surface area contributed by atoms with E-state index >= 15 is 0 Å². The molecular weight excluding hydrogens is 2130 g/mol. The fourth-order valence-electron chi connectivity index (χ4n) is 19.6. The van der Waals surface area contributed by atoms with Gasteiger partial charge in [0, 0.05) is 136 Å². The van der Waals surface area contributed by atoms with Crippen molar-refractivity contribution in [2.24, 2.45) is 0 Å². The molecule has 0 N–H and O–H groups in total. The Morgan fingerprint density at radius 1 is 0.187 bits per heavy atom. The van der Waals surface area contributed by atoms with Gasteiger partial charge < -0.3 is 13.7 Å². The molecule has 0 aliphatic heterocycles. The molecule has 0 saturated heterocycles. The van der Waals surface area contributed by atoms with Crippen LogP contribution in [0.15, 0.2) is 426 Å². The predicted octanol–water partition coefficient (Wildman–Crippen LogP) is 32.3. The molecule has 0 spiro atoms. The van der Waals surface area contributed by atoms with Crippen molar-refractivity contribution in [2.75, 3.05) is 0 Å². The fourth-order valence-corrected chi connectivity index (χ4v) is 21.4. The van der Waals surface area contributed by atoms with E-state index in [1.807, 2.05) is 84.9 Å². The zero-order chi connectivity index (χ0) is 93.2. The van der Waals surface area contributed by atoms with Crippen molar-refractivity contribution in [1.29, 1.82) is 0 Å².